The van der Waals surface area contributed by atoms with Crippen molar-refractivity contribution in [2.75, 3.05) is 19.1 Å². The number of rotatable bonds is 5. The molecule has 6 nitrogen and oxygen atoms in total. The normalized spacial score (nSPS) is 14.0. The average Bonchev–Trinajstić information content (AvgIpc) is 2.57. The van der Waals surface area contributed by atoms with Gasteiger partial charge >= 0.3 is 0 Å². The van der Waals surface area contributed by atoms with E-state index in [0.717, 1.165) is 6.26 Å². The van der Waals surface area contributed by atoms with Gasteiger partial charge in [0.25, 0.3) is 0 Å². The van der Waals surface area contributed by atoms with Crippen molar-refractivity contribution in [1.29, 1.82) is 0 Å². The van der Waals surface area contributed by atoms with Crippen LogP contribution in [0.4, 0.5) is 0 Å². The molecule has 1 rings (SSSR count). The molecule has 0 aliphatic heterocycles. The fourth-order valence-electron chi connectivity index (χ4n) is 1.61. The zero-order valence-electron chi connectivity index (χ0n) is 10.4. The van der Waals surface area contributed by atoms with Crippen molar-refractivity contribution in [1.82, 2.24) is 9.78 Å². The van der Waals surface area contributed by atoms with Gasteiger partial charge in [0.1, 0.15) is 21.6 Å². The number of nitrogens with zero attached hydrogens (tertiary/aromatic N) is 2. The summed E-state index contributed by atoms with van der Waals surface area (Å²) in [6, 6.07) is 0.0168. The fraction of sp³-hybridized carbons (Fsp3) is 0.700. The highest BCUT2D eigenvalue weighted by Gasteiger charge is 2.24. The highest BCUT2D eigenvalue weighted by Crippen LogP contribution is 2.28. The predicted molar refractivity (Wildman–Crippen MR) is 63.8 cm³/mol. The third-order valence-electron chi connectivity index (χ3n) is 2.28. The van der Waals surface area contributed by atoms with Gasteiger partial charge in [0.2, 0.25) is 0 Å². The summed E-state index contributed by atoms with van der Waals surface area (Å²) < 4.78 is 29.0. The Bertz CT molecular complexity index is 478. The first-order valence-electron chi connectivity index (χ1n) is 5.23. The lowest BCUT2D eigenvalue weighted by Gasteiger charge is -2.16. The number of aliphatic hydroxyl groups excluding tert-OH is 1. The molecule has 0 saturated carbocycles. The van der Waals surface area contributed by atoms with Crippen LogP contribution < -0.4 is 4.74 Å². The Balaban J connectivity index is 3.13. The molecule has 17 heavy (non-hydrogen) atoms. The van der Waals surface area contributed by atoms with Gasteiger partial charge in [-0.2, -0.15) is 5.10 Å². The molecule has 98 valence electrons. The number of hydrogen-bond acceptors (Lipinski definition) is 5. The zero-order valence-corrected chi connectivity index (χ0v) is 11.2. The van der Waals surface area contributed by atoms with E-state index in [4.69, 9.17) is 4.74 Å². The number of sulfone groups is 1. The second kappa shape index (κ2) is 5.05. The molecule has 0 aliphatic carbocycles. The number of aliphatic hydroxyl groups is 1. The molecule has 1 aromatic heterocycles. The van der Waals surface area contributed by atoms with Crippen LogP contribution in [0.15, 0.2) is 6.20 Å². The maximum absolute atomic E-state index is 11.2. The van der Waals surface area contributed by atoms with Crippen molar-refractivity contribution >= 4 is 9.84 Å². The van der Waals surface area contributed by atoms with Crippen molar-refractivity contribution in [3.63, 3.8) is 0 Å². The maximum atomic E-state index is 11.2. The summed E-state index contributed by atoms with van der Waals surface area (Å²) in [6.07, 6.45) is 1.42. The third kappa shape index (κ3) is 3.44. The quantitative estimate of drug-likeness (QED) is 0.838. The molecule has 1 N–H and O–H groups in total. The van der Waals surface area contributed by atoms with Crippen molar-refractivity contribution in [2.45, 2.75) is 26.0 Å². The average molecular weight is 262 g/mol. The van der Waals surface area contributed by atoms with Gasteiger partial charge in [-0.25, -0.2) is 8.42 Å². The van der Waals surface area contributed by atoms with Gasteiger partial charge in [0, 0.05) is 12.3 Å². The summed E-state index contributed by atoms with van der Waals surface area (Å²) in [5.74, 6) is 0.0525. The van der Waals surface area contributed by atoms with E-state index in [0.29, 0.717) is 11.4 Å². The van der Waals surface area contributed by atoms with Crippen LogP contribution in [-0.4, -0.2) is 42.4 Å². The highest BCUT2D eigenvalue weighted by molar-refractivity contribution is 7.90. The Hall–Kier alpha value is -1.08. The molecule has 0 aromatic carbocycles. The molecule has 0 spiro atoms. The van der Waals surface area contributed by atoms with Gasteiger partial charge in [-0.3, -0.25) is 4.68 Å². The first-order chi connectivity index (χ1) is 7.76. The van der Waals surface area contributed by atoms with Gasteiger partial charge in [-0.1, -0.05) is 0 Å². The molecule has 0 saturated heterocycles. The molecule has 0 aliphatic rings. The number of hydrogen-bond donors (Lipinski definition) is 1. The van der Waals surface area contributed by atoms with Gasteiger partial charge < -0.3 is 9.84 Å². The number of ether oxygens (including phenoxy) is 1. The summed E-state index contributed by atoms with van der Waals surface area (Å²) in [5.41, 5.74) is 0.396. The first-order valence-corrected chi connectivity index (χ1v) is 7.29. The standard InChI is InChI=1S/C10H18N2O4S/c1-7(2)12-10(9(16-3)5-11-12)8(13)6-17(4,14)15/h5,7-8,13H,6H2,1-4H3. The number of aromatic nitrogens is 2. The minimum absolute atomic E-state index is 0.0168. The minimum atomic E-state index is -3.26. The first kappa shape index (κ1) is 14.0. The van der Waals surface area contributed by atoms with Gasteiger partial charge in [-0.05, 0) is 13.8 Å². The van der Waals surface area contributed by atoms with E-state index in [1.807, 2.05) is 13.8 Å². The van der Waals surface area contributed by atoms with E-state index in [1.54, 1.807) is 4.68 Å². The molecule has 0 fully saturated rings. The lowest BCUT2D eigenvalue weighted by molar-refractivity contribution is 0.182. The van der Waals surface area contributed by atoms with Gasteiger partial charge in [-0.15, -0.1) is 0 Å². The molecule has 0 radical (unpaired) electrons. The topological polar surface area (TPSA) is 81.4 Å². The molecule has 1 heterocycles. The Morgan fingerprint density at radius 1 is 1.53 bits per heavy atom. The molecule has 1 unspecified atom stereocenters. The second-order valence-electron chi connectivity index (χ2n) is 4.24. The van der Waals surface area contributed by atoms with Crippen molar-refractivity contribution in [3.8, 4) is 5.75 Å². The van der Waals surface area contributed by atoms with Crippen molar-refractivity contribution in [3.05, 3.63) is 11.9 Å². The molecular weight excluding hydrogens is 244 g/mol. The monoisotopic (exact) mass is 262 g/mol. The van der Waals surface area contributed by atoms with E-state index in [-0.39, 0.29) is 11.8 Å². The van der Waals surface area contributed by atoms with Crippen LogP contribution in [0.3, 0.4) is 0 Å². The smallest absolute Gasteiger partial charge is 0.162 e. The third-order valence-corrected chi connectivity index (χ3v) is 3.21. The Morgan fingerprint density at radius 3 is 2.53 bits per heavy atom. The van der Waals surface area contributed by atoms with Crippen LogP contribution >= 0.6 is 0 Å². The molecule has 1 aromatic rings. The zero-order chi connectivity index (χ0) is 13.2. The van der Waals surface area contributed by atoms with Crippen LogP contribution in [-0.2, 0) is 9.84 Å². The van der Waals surface area contributed by atoms with E-state index in [1.165, 1.54) is 13.3 Å². The Morgan fingerprint density at radius 2 is 2.12 bits per heavy atom. The summed E-state index contributed by atoms with van der Waals surface area (Å²) in [6.45, 7) is 3.78. The summed E-state index contributed by atoms with van der Waals surface area (Å²) in [7, 11) is -1.81. The number of methoxy groups -OCH3 is 1. The lowest BCUT2D eigenvalue weighted by atomic mass is 10.2. The molecule has 1 atom stereocenters. The molecule has 7 heteroatoms. The van der Waals surface area contributed by atoms with Crippen LogP contribution in [0, 0.1) is 0 Å². The summed E-state index contributed by atoms with van der Waals surface area (Å²) >= 11 is 0. The van der Waals surface area contributed by atoms with Crippen LogP contribution in [0.2, 0.25) is 0 Å². The largest absolute Gasteiger partial charge is 0.493 e. The SMILES string of the molecule is COc1cnn(C(C)C)c1C(O)CS(C)(=O)=O. The lowest BCUT2D eigenvalue weighted by Crippen LogP contribution is -2.18. The fourth-order valence-corrected chi connectivity index (χ4v) is 2.34. The minimum Gasteiger partial charge on any atom is -0.493 e. The Labute approximate surface area is 101 Å². The summed E-state index contributed by atoms with van der Waals surface area (Å²) in [5, 5.41) is 14.0. The van der Waals surface area contributed by atoms with E-state index in [9.17, 15) is 13.5 Å². The van der Waals surface area contributed by atoms with E-state index >= 15 is 0 Å². The second-order valence-corrected chi connectivity index (χ2v) is 6.43. The molecular formula is C10H18N2O4S. The van der Waals surface area contributed by atoms with Crippen LogP contribution in [0.25, 0.3) is 0 Å². The maximum Gasteiger partial charge on any atom is 0.162 e. The van der Waals surface area contributed by atoms with Gasteiger partial charge in [0.05, 0.1) is 19.1 Å². The van der Waals surface area contributed by atoms with E-state index < -0.39 is 15.9 Å². The highest BCUT2D eigenvalue weighted by atomic mass is 32.2. The van der Waals surface area contributed by atoms with Gasteiger partial charge in [0.15, 0.2) is 5.75 Å². The molecule has 0 amide bonds. The molecule has 0 bridgehead atoms. The summed E-state index contributed by atoms with van der Waals surface area (Å²) in [4.78, 5) is 0. The van der Waals surface area contributed by atoms with Crippen molar-refractivity contribution < 1.29 is 18.3 Å². The Kier molecular flexibility index (Phi) is 4.16. The predicted octanol–water partition coefficient (Wildman–Crippen LogP) is 0.551. The van der Waals surface area contributed by atoms with Crippen LogP contribution in [0.5, 0.6) is 5.75 Å². The van der Waals surface area contributed by atoms with Crippen molar-refractivity contribution in [2.24, 2.45) is 0 Å². The van der Waals surface area contributed by atoms with E-state index in [2.05, 4.69) is 5.10 Å². The van der Waals surface area contributed by atoms with Crippen LogP contribution in [0.1, 0.15) is 31.7 Å².